The summed E-state index contributed by atoms with van der Waals surface area (Å²) in [4.78, 5) is 38.4. The molecule has 0 saturated carbocycles. The fourth-order valence-electron chi connectivity index (χ4n) is 3.68. The first-order valence-electron chi connectivity index (χ1n) is 10.7. The number of hydrogen-bond donors (Lipinski definition) is 3. The van der Waals surface area contributed by atoms with Crippen LogP contribution in [0, 0.1) is 6.92 Å². The molecule has 0 atom stereocenters. The molecular weight excluding hydrogens is 454 g/mol. The number of ether oxygens (including phenoxy) is 2. The normalized spacial score (nSPS) is 10.5. The van der Waals surface area contributed by atoms with Crippen molar-refractivity contribution in [2.24, 2.45) is 7.05 Å². The highest BCUT2D eigenvalue weighted by atomic mass is 16.5. The molecule has 10 heteroatoms. The summed E-state index contributed by atoms with van der Waals surface area (Å²) in [5.41, 5.74) is 0.998. The molecule has 1 aromatic heterocycles. The summed E-state index contributed by atoms with van der Waals surface area (Å²) in [5.74, 6) is -0.771. The van der Waals surface area contributed by atoms with Gasteiger partial charge < -0.3 is 29.6 Å². The van der Waals surface area contributed by atoms with Gasteiger partial charge in [0.1, 0.15) is 5.75 Å². The van der Waals surface area contributed by atoms with Gasteiger partial charge >= 0.3 is 12.0 Å². The molecule has 3 N–H and O–H groups in total. The molecule has 0 fully saturated rings. The molecule has 1 heterocycles. The van der Waals surface area contributed by atoms with Crippen LogP contribution in [-0.2, 0) is 11.8 Å². The van der Waals surface area contributed by atoms with E-state index in [2.05, 4.69) is 5.32 Å². The van der Waals surface area contributed by atoms with Crippen LogP contribution in [0.5, 0.6) is 17.2 Å². The Labute approximate surface area is 202 Å². The molecule has 0 bridgehead atoms. The van der Waals surface area contributed by atoms with Crippen molar-refractivity contribution in [3.63, 3.8) is 0 Å². The van der Waals surface area contributed by atoms with Crippen molar-refractivity contribution in [3.8, 4) is 28.4 Å². The zero-order valence-electron chi connectivity index (χ0n) is 19.9. The molecule has 35 heavy (non-hydrogen) atoms. The average molecular weight is 482 g/mol. The average Bonchev–Trinajstić information content (AvgIpc) is 2.84. The molecule has 10 nitrogen and oxygen atoms in total. The van der Waals surface area contributed by atoms with Crippen LogP contribution in [-0.4, -0.2) is 47.5 Å². The Kier molecular flexibility index (Phi) is 7.65. The Morgan fingerprint density at radius 1 is 1.11 bits per heavy atom. The number of anilines is 2. The molecule has 0 radical (unpaired) electrons. The SMILES string of the molecule is COc1cc(N(C(=O)NCCC(=O)O)c2c(O)c(C)cn(C)c2=O)cc(-c2ccccc2)c1OC. The molecule has 0 aliphatic carbocycles. The molecule has 0 saturated heterocycles. The van der Waals surface area contributed by atoms with E-state index < -0.39 is 17.6 Å². The fraction of sp³-hybridized carbons (Fsp3) is 0.240. The molecule has 3 aromatic rings. The van der Waals surface area contributed by atoms with Gasteiger partial charge in [-0.3, -0.25) is 14.5 Å². The van der Waals surface area contributed by atoms with Crippen molar-refractivity contribution in [2.75, 3.05) is 25.7 Å². The van der Waals surface area contributed by atoms with Crippen LogP contribution in [0.2, 0.25) is 0 Å². The number of rotatable bonds is 8. The zero-order valence-corrected chi connectivity index (χ0v) is 19.9. The summed E-state index contributed by atoms with van der Waals surface area (Å²) in [6, 6.07) is 11.6. The fourth-order valence-corrected chi connectivity index (χ4v) is 3.68. The number of benzene rings is 2. The molecule has 0 unspecified atom stereocenters. The van der Waals surface area contributed by atoms with Gasteiger partial charge in [0.05, 0.1) is 26.3 Å². The largest absolute Gasteiger partial charge is 0.505 e. The third-order valence-electron chi connectivity index (χ3n) is 5.36. The van der Waals surface area contributed by atoms with Gasteiger partial charge in [-0.15, -0.1) is 0 Å². The number of carboxylic acids is 1. The van der Waals surface area contributed by atoms with E-state index in [0.29, 0.717) is 16.9 Å². The van der Waals surface area contributed by atoms with Gasteiger partial charge in [-0.2, -0.15) is 0 Å². The minimum absolute atomic E-state index is 0.184. The highest BCUT2D eigenvalue weighted by Crippen LogP contribution is 2.44. The van der Waals surface area contributed by atoms with E-state index in [-0.39, 0.29) is 35.8 Å². The van der Waals surface area contributed by atoms with Gasteiger partial charge in [0.25, 0.3) is 5.56 Å². The smallest absolute Gasteiger partial charge is 0.326 e. The second-order valence-electron chi connectivity index (χ2n) is 7.73. The Hall–Kier alpha value is -4.47. The maximum absolute atomic E-state index is 13.3. The highest BCUT2D eigenvalue weighted by molar-refractivity contribution is 6.02. The molecule has 2 amide bonds. The summed E-state index contributed by atoms with van der Waals surface area (Å²) in [5, 5.41) is 22.3. The number of aromatic nitrogens is 1. The molecule has 0 spiro atoms. The Bertz CT molecular complexity index is 1300. The number of aryl methyl sites for hydroxylation is 2. The van der Waals surface area contributed by atoms with Gasteiger partial charge in [-0.05, 0) is 18.6 Å². The van der Waals surface area contributed by atoms with Gasteiger partial charge in [0, 0.05) is 37.0 Å². The lowest BCUT2D eigenvalue weighted by atomic mass is 10.0. The molecule has 0 aliphatic rings. The van der Waals surface area contributed by atoms with E-state index in [0.717, 1.165) is 10.5 Å². The second-order valence-corrected chi connectivity index (χ2v) is 7.73. The summed E-state index contributed by atoms with van der Waals surface area (Å²) in [6.07, 6.45) is 1.13. The Morgan fingerprint density at radius 2 is 1.80 bits per heavy atom. The highest BCUT2D eigenvalue weighted by Gasteiger charge is 2.28. The van der Waals surface area contributed by atoms with E-state index >= 15 is 0 Å². The van der Waals surface area contributed by atoms with Crippen LogP contribution in [0.1, 0.15) is 12.0 Å². The summed E-state index contributed by atoms with van der Waals surface area (Å²) >= 11 is 0. The van der Waals surface area contributed by atoms with Crippen molar-refractivity contribution >= 4 is 23.4 Å². The van der Waals surface area contributed by atoms with E-state index in [1.165, 1.54) is 38.1 Å². The number of aliphatic carboxylic acids is 1. The lowest BCUT2D eigenvalue weighted by Gasteiger charge is -2.26. The number of carbonyl (C=O) groups excluding carboxylic acids is 1. The first-order chi connectivity index (χ1) is 16.7. The van der Waals surface area contributed by atoms with Gasteiger partial charge in [0.2, 0.25) is 0 Å². The number of pyridine rings is 1. The van der Waals surface area contributed by atoms with Crippen LogP contribution in [0.4, 0.5) is 16.2 Å². The first kappa shape index (κ1) is 25.2. The number of carboxylic acid groups (broad SMARTS) is 1. The molecule has 3 rings (SSSR count). The maximum Gasteiger partial charge on any atom is 0.326 e. The van der Waals surface area contributed by atoms with Gasteiger partial charge in [-0.25, -0.2) is 4.79 Å². The number of hydrogen-bond acceptors (Lipinski definition) is 6. The van der Waals surface area contributed by atoms with Gasteiger partial charge in [0.15, 0.2) is 17.2 Å². The Balaban J connectivity index is 2.29. The van der Waals surface area contributed by atoms with Crippen LogP contribution >= 0.6 is 0 Å². The van der Waals surface area contributed by atoms with Crippen LogP contribution < -0.4 is 25.2 Å². The number of urea groups is 1. The van der Waals surface area contributed by atoms with Crippen LogP contribution in [0.3, 0.4) is 0 Å². The predicted molar refractivity (Wildman–Crippen MR) is 131 cm³/mol. The minimum Gasteiger partial charge on any atom is -0.505 e. The quantitative estimate of drug-likeness (QED) is 0.449. The topological polar surface area (TPSA) is 130 Å². The van der Waals surface area contributed by atoms with Gasteiger partial charge in [-0.1, -0.05) is 30.3 Å². The lowest BCUT2D eigenvalue weighted by molar-refractivity contribution is -0.136. The maximum atomic E-state index is 13.3. The summed E-state index contributed by atoms with van der Waals surface area (Å²) in [7, 11) is 4.43. The molecule has 0 aliphatic heterocycles. The van der Waals surface area contributed by atoms with Crippen molar-refractivity contribution in [1.29, 1.82) is 0 Å². The second kappa shape index (κ2) is 10.6. The van der Waals surface area contributed by atoms with E-state index in [4.69, 9.17) is 14.6 Å². The van der Waals surface area contributed by atoms with Crippen molar-refractivity contribution in [2.45, 2.75) is 13.3 Å². The zero-order chi connectivity index (χ0) is 25.7. The monoisotopic (exact) mass is 481 g/mol. The van der Waals surface area contributed by atoms with Crippen LogP contribution in [0.25, 0.3) is 11.1 Å². The summed E-state index contributed by atoms with van der Waals surface area (Å²) < 4.78 is 12.3. The predicted octanol–water partition coefficient (Wildman–Crippen LogP) is 3.41. The van der Waals surface area contributed by atoms with Crippen molar-refractivity contribution < 1.29 is 29.3 Å². The van der Waals surface area contributed by atoms with Crippen molar-refractivity contribution in [1.82, 2.24) is 9.88 Å². The van der Waals surface area contributed by atoms with Crippen LogP contribution in [0.15, 0.2) is 53.5 Å². The third-order valence-corrected chi connectivity index (χ3v) is 5.36. The first-order valence-corrected chi connectivity index (χ1v) is 10.7. The number of nitrogens with zero attached hydrogens (tertiary/aromatic N) is 2. The van der Waals surface area contributed by atoms with E-state index in [9.17, 15) is 19.5 Å². The van der Waals surface area contributed by atoms with E-state index in [1.54, 1.807) is 13.0 Å². The van der Waals surface area contributed by atoms with E-state index in [1.807, 2.05) is 30.3 Å². The van der Waals surface area contributed by atoms with Crippen molar-refractivity contribution in [3.05, 3.63) is 64.6 Å². The molecular formula is C25H27N3O7. The summed E-state index contributed by atoms with van der Waals surface area (Å²) in [6.45, 7) is 1.42. The molecule has 2 aromatic carbocycles. The number of aromatic hydroxyl groups is 1. The number of carbonyl (C=O) groups is 2. The Morgan fingerprint density at radius 3 is 2.40 bits per heavy atom. The molecule has 184 valence electrons. The number of nitrogens with one attached hydrogen (secondary N) is 1. The lowest BCUT2D eigenvalue weighted by Crippen LogP contribution is -2.41. The minimum atomic E-state index is -1.09. The standard InChI is InChI=1S/C25H27N3O7/c1-15-14-27(2)24(32)21(22(15)31)28(25(33)26-11-10-20(29)30)17-12-18(16-8-6-5-7-9-16)23(35-4)19(13-17)34-3/h5-9,12-14,31H,10-11H2,1-4H3,(H,26,33)(H,29,30). The third kappa shape index (κ3) is 5.21. The number of methoxy groups -OCH3 is 2. The number of amides is 2.